The van der Waals surface area contributed by atoms with E-state index < -0.39 is 0 Å². The number of nitrogens with zero attached hydrogens (tertiary/aromatic N) is 1. The molecule has 0 saturated carbocycles. The highest BCUT2D eigenvalue weighted by Crippen LogP contribution is 2.19. The van der Waals surface area contributed by atoms with Crippen LogP contribution in [0.25, 0.3) is 10.9 Å². The summed E-state index contributed by atoms with van der Waals surface area (Å²) in [7, 11) is 2.01. The van der Waals surface area contributed by atoms with E-state index in [0.717, 1.165) is 19.5 Å². The summed E-state index contributed by atoms with van der Waals surface area (Å²) in [6, 6.07) is 9.11. The number of rotatable bonds is 6. The lowest BCUT2D eigenvalue weighted by atomic mass is 10.1. The maximum atomic E-state index is 3.20. The van der Waals surface area contributed by atoms with E-state index in [-0.39, 0.29) is 0 Å². The van der Waals surface area contributed by atoms with E-state index in [1.54, 1.807) is 0 Å². The molecular weight excluding hydrogens is 220 g/mol. The topological polar surface area (TPSA) is 17.0 Å². The molecule has 18 heavy (non-hydrogen) atoms. The number of hydrogen-bond donors (Lipinski definition) is 1. The molecule has 0 saturated heterocycles. The van der Waals surface area contributed by atoms with Crippen LogP contribution in [0.2, 0.25) is 0 Å². The minimum atomic E-state index is 0.691. The highest BCUT2D eigenvalue weighted by atomic mass is 15.0. The quantitative estimate of drug-likeness (QED) is 0.770. The fraction of sp³-hybridized carbons (Fsp3) is 0.500. The first-order valence-electron chi connectivity index (χ1n) is 6.93. The summed E-state index contributed by atoms with van der Waals surface area (Å²) in [4.78, 5) is 0. The van der Waals surface area contributed by atoms with E-state index in [1.807, 2.05) is 7.05 Å². The van der Waals surface area contributed by atoms with Crippen LogP contribution in [-0.2, 0) is 13.0 Å². The Morgan fingerprint density at radius 1 is 1.22 bits per heavy atom. The van der Waals surface area contributed by atoms with Gasteiger partial charge in [-0.05, 0) is 61.5 Å². The van der Waals surface area contributed by atoms with E-state index in [2.05, 4.69) is 54.2 Å². The lowest BCUT2D eigenvalue weighted by Crippen LogP contribution is -2.08. The molecule has 98 valence electrons. The van der Waals surface area contributed by atoms with Crippen molar-refractivity contribution in [2.24, 2.45) is 5.92 Å². The van der Waals surface area contributed by atoms with Crippen LogP contribution in [-0.4, -0.2) is 18.2 Å². The minimum Gasteiger partial charge on any atom is -0.347 e. The maximum absolute atomic E-state index is 3.20. The van der Waals surface area contributed by atoms with Gasteiger partial charge in [-0.2, -0.15) is 0 Å². The van der Waals surface area contributed by atoms with E-state index in [1.165, 1.54) is 22.9 Å². The molecule has 1 heterocycles. The molecular formula is C16H24N2. The molecule has 0 aliphatic carbocycles. The Labute approximate surface area is 110 Å². The monoisotopic (exact) mass is 244 g/mol. The van der Waals surface area contributed by atoms with Crippen LogP contribution >= 0.6 is 0 Å². The molecule has 1 aromatic carbocycles. The standard InChI is InChI=1S/C16H24N2/c1-13(2)12-18-10-8-15-11-14(5-4-9-17-3)6-7-16(15)18/h6-8,10-11,13,17H,4-5,9,12H2,1-3H3. The molecule has 2 heteroatoms. The Balaban J connectivity index is 2.15. The first-order chi connectivity index (χ1) is 8.70. The average Bonchev–Trinajstić information content (AvgIpc) is 2.72. The minimum absolute atomic E-state index is 0.691. The molecule has 2 nitrogen and oxygen atoms in total. The van der Waals surface area contributed by atoms with Crippen LogP contribution in [0.15, 0.2) is 30.5 Å². The van der Waals surface area contributed by atoms with Crippen LogP contribution in [0.4, 0.5) is 0 Å². The second-order valence-electron chi connectivity index (χ2n) is 5.46. The molecule has 0 aliphatic heterocycles. The van der Waals surface area contributed by atoms with Crippen molar-refractivity contribution in [1.29, 1.82) is 0 Å². The highest BCUT2D eigenvalue weighted by molar-refractivity contribution is 5.80. The van der Waals surface area contributed by atoms with Gasteiger partial charge in [0, 0.05) is 18.3 Å². The number of benzene rings is 1. The van der Waals surface area contributed by atoms with Crippen molar-refractivity contribution in [2.45, 2.75) is 33.2 Å². The molecule has 0 fully saturated rings. The summed E-state index contributed by atoms with van der Waals surface area (Å²) in [5.41, 5.74) is 2.81. The molecule has 0 unspecified atom stereocenters. The lowest BCUT2D eigenvalue weighted by molar-refractivity contribution is 0.535. The molecule has 1 aromatic heterocycles. The van der Waals surface area contributed by atoms with E-state index in [4.69, 9.17) is 0 Å². The first-order valence-corrected chi connectivity index (χ1v) is 6.93. The van der Waals surface area contributed by atoms with Gasteiger partial charge in [0.1, 0.15) is 0 Å². The summed E-state index contributed by atoms with van der Waals surface area (Å²) < 4.78 is 2.36. The number of fused-ring (bicyclic) bond motifs is 1. The van der Waals surface area contributed by atoms with Gasteiger partial charge >= 0.3 is 0 Å². The Kier molecular flexibility index (Phi) is 4.43. The van der Waals surface area contributed by atoms with Crippen molar-refractivity contribution < 1.29 is 0 Å². The Hall–Kier alpha value is -1.28. The Bertz CT molecular complexity index is 497. The van der Waals surface area contributed by atoms with Gasteiger partial charge in [-0.15, -0.1) is 0 Å². The second-order valence-corrected chi connectivity index (χ2v) is 5.46. The fourth-order valence-electron chi connectivity index (χ4n) is 2.43. The normalized spacial score (nSPS) is 11.6. The zero-order valence-electron chi connectivity index (χ0n) is 11.7. The maximum Gasteiger partial charge on any atom is 0.0480 e. The summed E-state index contributed by atoms with van der Waals surface area (Å²) in [6.45, 7) is 6.71. The van der Waals surface area contributed by atoms with Crippen molar-refractivity contribution in [1.82, 2.24) is 9.88 Å². The van der Waals surface area contributed by atoms with Crippen LogP contribution in [0.3, 0.4) is 0 Å². The van der Waals surface area contributed by atoms with Gasteiger partial charge in [0.25, 0.3) is 0 Å². The summed E-state index contributed by atoms with van der Waals surface area (Å²) in [6.07, 6.45) is 4.57. The number of aryl methyl sites for hydroxylation is 1. The van der Waals surface area contributed by atoms with Crippen LogP contribution in [0, 0.1) is 5.92 Å². The third-order valence-electron chi connectivity index (χ3n) is 3.29. The number of nitrogens with one attached hydrogen (secondary N) is 1. The molecule has 0 spiro atoms. The SMILES string of the molecule is CNCCCc1ccc2c(ccn2CC(C)C)c1. The van der Waals surface area contributed by atoms with Crippen molar-refractivity contribution in [3.63, 3.8) is 0 Å². The van der Waals surface area contributed by atoms with Gasteiger partial charge in [-0.1, -0.05) is 19.9 Å². The third-order valence-corrected chi connectivity index (χ3v) is 3.29. The second kappa shape index (κ2) is 6.05. The van der Waals surface area contributed by atoms with Crippen LogP contribution < -0.4 is 5.32 Å². The van der Waals surface area contributed by atoms with Crippen molar-refractivity contribution in [3.8, 4) is 0 Å². The molecule has 2 aromatic rings. The predicted molar refractivity (Wildman–Crippen MR) is 79.0 cm³/mol. The van der Waals surface area contributed by atoms with Crippen molar-refractivity contribution in [2.75, 3.05) is 13.6 Å². The third kappa shape index (κ3) is 3.14. The Morgan fingerprint density at radius 3 is 2.78 bits per heavy atom. The Morgan fingerprint density at radius 2 is 2.06 bits per heavy atom. The van der Waals surface area contributed by atoms with Crippen molar-refractivity contribution in [3.05, 3.63) is 36.0 Å². The molecule has 2 rings (SSSR count). The molecule has 0 atom stereocenters. The van der Waals surface area contributed by atoms with Crippen LogP contribution in [0.1, 0.15) is 25.8 Å². The fourth-order valence-corrected chi connectivity index (χ4v) is 2.43. The largest absolute Gasteiger partial charge is 0.347 e. The summed E-state index contributed by atoms with van der Waals surface area (Å²) in [5.74, 6) is 0.691. The molecule has 0 aliphatic rings. The van der Waals surface area contributed by atoms with Gasteiger partial charge in [-0.3, -0.25) is 0 Å². The van der Waals surface area contributed by atoms with Gasteiger partial charge in [0.2, 0.25) is 0 Å². The van der Waals surface area contributed by atoms with E-state index in [0.29, 0.717) is 5.92 Å². The van der Waals surface area contributed by atoms with Crippen molar-refractivity contribution >= 4 is 10.9 Å². The highest BCUT2D eigenvalue weighted by Gasteiger charge is 2.03. The zero-order valence-corrected chi connectivity index (χ0v) is 11.7. The lowest BCUT2D eigenvalue weighted by Gasteiger charge is -2.09. The number of hydrogen-bond acceptors (Lipinski definition) is 1. The summed E-state index contributed by atoms with van der Waals surface area (Å²) in [5, 5.41) is 4.57. The first kappa shape index (κ1) is 13.2. The molecule has 0 bridgehead atoms. The molecule has 0 radical (unpaired) electrons. The predicted octanol–water partition coefficient (Wildman–Crippen LogP) is 3.45. The van der Waals surface area contributed by atoms with Gasteiger partial charge in [0.05, 0.1) is 0 Å². The average molecular weight is 244 g/mol. The molecule has 0 amide bonds. The number of aromatic nitrogens is 1. The smallest absolute Gasteiger partial charge is 0.0480 e. The van der Waals surface area contributed by atoms with Gasteiger partial charge < -0.3 is 9.88 Å². The van der Waals surface area contributed by atoms with Gasteiger partial charge in [0.15, 0.2) is 0 Å². The summed E-state index contributed by atoms with van der Waals surface area (Å²) >= 11 is 0. The van der Waals surface area contributed by atoms with Crippen LogP contribution in [0.5, 0.6) is 0 Å². The van der Waals surface area contributed by atoms with E-state index >= 15 is 0 Å². The van der Waals surface area contributed by atoms with E-state index in [9.17, 15) is 0 Å². The zero-order chi connectivity index (χ0) is 13.0. The molecule has 1 N–H and O–H groups in total. The van der Waals surface area contributed by atoms with Gasteiger partial charge in [-0.25, -0.2) is 0 Å².